The highest BCUT2D eigenvalue weighted by molar-refractivity contribution is 5.77. The molecule has 186 valence electrons. The fraction of sp³-hybridized carbons (Fsp3) is 0.536. The Morgan fingerprint density at radius 1 is 0.882 bits per heavy atom. The number of fused-ring (bicyclic) bond motifs is 1. The number of aryl methyl sites for hydroxylation is 1. The van der Waals surface area contributed by atoms with E-state index in [0.717, 1.165) is 55.9 Å². The molecule has 0 aliphatic heterocycles. The Morgan fingerprint density at radius 2 is 1.53 bits per heavy atom. The lowest BCUT2D eigenvalue weighted by molar-refractivity contribution is -0.137. The van der Waals surface area contributed by atoms with Gasteiger partial charge in [-0.05, 0) is 69.1 Å². The van der Waals surface area contributed by atoms with E-state index >= 15 is 0 Å². The smallest absolute Gasteiger partial charge is 0.327 e. The number of alkyl halides is 3. The molecule has 0 radical (unpaired) electrons. The Hall–Kier alpha value is -2.34. The van der Waals surface area contributed by atoms with Crippen LogP contribution in [0, 0.1) is 0 Å². The molecule has 0 saturated heterocycles. The summed E-state index contributed by atoms with van der Waals surface area (Å²) in [4.78, 5) is 7.31. The van der Waals surface area contributed by atoms with Crippen LogP contribution < -0.4 is 0 Å². The molecule has 3 aromatic rings. The first-order chi connectivity index (χ1) is 16.4. The summed E-state index contributed by atoms with van der Waals surface area (Å²) in [7, 11) is 0. The standard InChI is InChI=1S/C28H38F3N3/c1-4-7-17-33(18-8-5-2)19-12-20-34-26-16-15-23(28(29,30)31)21-25(26)32-27(34)24(6-3)22-13-10-9-11-14-22/h9-11,13-16,21,24H,4-8,12,17-20H2,1-3H3. The zero-order chi connectivity index (χ0) is 24.6. The normalized spacial score (nSPS) is 13.1. The van der Waals surface area contributed by atoms with Crippen molar-refractivity contribution in [2.45, 2.75) is 77.9 Å². The molecule has 1 atom stereocenters. The molecule has 1 heterocycles. The summed E-state index contributed by atoms with van der Waals surface area (Å²) in [6, 6.07) is 14.1. The molecular weight excluding hydrogens is 435 g/mol. The van der Waals surface area contributed by atoms with Crippen molar-refractivity contribution in [2.24, 2.45) is 0 Å². The van der Waals surface area contributed by atoms with Crippen LogP contribution in [0.15, 0.2) is 48.5 Å². The maximum absolute atomic E-state index is 13.4. The average Bonchev–Trinajstić information content (AvgIpc) is 3.18. The first-order valence-corrected chi connectivity index (χ1v) is 12.7. The summed E-state index contributed by atoms with van der Waals surface area (Å²) >= 11 is 0. The lowest BCUT2D eigenvalue weighted by Gasteiger charge is -2.23. The topological polar surface area (TPSA) is 21.1 Å². The lowest BCUT2D eigenvalue weighted by atomic mass is 9.95. The van der Waals surface area contributed by atoms with Crippen molar-refractivity contribution in [3.63, 3.8) is 0 Å². The van der Waals surface area contributed by atoms with Crippen LogP contribution in [-0.4, -0.2) is 34.1 Å². The van der Waals surface area contributed by atoms with E-state index in [1.54, 1.807) is 6.07 Å². The van der Waals surface area contributed by atoms with Crippen molar-refractivity contribution < 1.29 is 13.2 Å². The van der Waals surface area contributed by atoms with Crippen LogP contribution in [0.1, 0.15) is 82.2 Å². The van der Waals surface area contributed by atoms with E-state index in [2.05, 4.69) is 42.4 Å². The number of hydrogen-bond acceptors (Lipinski definition) is 2. The Balaban J connectivity index is 1.93. The van der Waals surface area contributed by atoms with Gasteiger partial charge in [-0.2, -0.15) is 13.2 Å². The summed E-state index contributed by atoms with van der Waals surface area (Å²) in [5.41, 5.74) is 1.71. The minimum Gasteiger partial charge on any atom is -0.327 e. The van der Waals surface area contributed by atoms with Crippen LogP contribution >= 0.6 is 0 Å². The van der Waals surface area contributed by atoms with Crippen molar-refractivity contribution in [1.82, 2.24) is 14.5 Å². The van der Waals surface area contributed by atoms with E-state index in [-0.39, 0.29) is 5.92 Å². The quantitative estimate of drug-likeness (QED) is 0.252. The SMILES string of the molecule is CCCCN(CCCC)CCCn1c(C(CC)c2ccccc2)nc2cc(C(F)(F)F)ccc21. The Kier molecular flexibility index (Phi) is 9.57. The van der Waals surface area contributed by atoms with Crippen LogP contribution in [0.3, 0.4) is 0 Å². The molecule has 0 aliphatic rings. The van der Waals surface area contributed by atoms with Gasteiger partial charge in [0.1, 0.15) is 5.82 Å². The number of halogens is 3. The molecule has 0 spiro atoms. The van der Waals surface area contributed by atoms with Crippen molar-refractivity contribution >= 4 is 11.0 Å². The second kappa shape index (κ2) is 12.4. The largest absolute Gasteiger partial charge is 0.416 e. The fourth-order valence-corrected chi connectivity index (χ4v) is 4.63. The number of hydrogen-bond donors (Lipinski definition) is 0. The molecule has 1 unspecified atom stereocenters. The predicted octanol–water partition coefficient (Wildman–Crippen LogP) is 7.89. The number of unbranched alkanes of at least 4 members (excludes halogenated alkanes) is 2. The van der Waals surface area contributed by atoms with Gasteiger partial charge in [0.2, 0.25) is 0 Å². The number of imidazole rings is 1. The molecular formula is C28H38F3N3. The van der Waals surface area contributed by atoms with Gasteiger partial charge in [0.25, 0.3) is 0 Å². The van der Waals surface area contributed by atoms with Crippen LogP contribution in [0.5, 0.6) is 0 Å². The Morgan fingerprint density at radius 3 is 2.12 bits per heavy atom. The summed E-state index contributed by atoms with van der Waals surface area (Å²) in [5.74, 6) is 0.899. The van der Waals surface area contributed by atoms with Crippen molar-refractivity contribution in [3.05, 3.63) is 65.5 Å². The molecule has 6 heteroatoms. The van der Waals surface area contributed by atoms with Crippen LogP contribution in [0.25, 0.3) is 11.0 Å². The van der Waals surface area contributed by atoms with Gasteiger partial charge in [-0.15, -0.1) is 0 Å². The third kappa shape index (κ3) is 6.62. The summed E-state index contributed by atoms with van der Waals surface area (Å²) in [6.07, 6.45) is 2.13. The van der Waals surface area contributed by atoms with Gasteiger partial charge in [-0.1, -0.05) is 63.9 Å². The lowest BCUT2D eigenvalue weighted by Crippen LogP contribution is -2.28. The summed E-state index contributed by atoms with van der Waals surface area (Å²) < 4.78 is 42.3. The second-order valence-corrected chi connectivity index (χ2v) is 9.10. The second-order valence-electron chi connectivity index (χ2n) is 9.10. The number of nitrogens with zero attached hydrogens (tertiary/aromatic N) is 3. The van der Waals surface area contributed by atoms with E-state index in [4.69, 9.17) is 4.98 Å². The molecule has 0 fully saturated rings. The molecule has 0 N–H and O–H groups in total. The number of benzene rings is 2. The first kappa shape index (κ1) is 26.3. The highest BCUT2D eigenvalue weighted by Gasteiger charge is 2.31. The van der Waals surface area contributed by atoms with Gasteiger partial charge < -0.3 is 9.47 Å². The average molecular weight is 474 g/mol. The van der Waals surface area contributed by atoms with Gasteiger partial charge >= 0.3 is 6.18 Å². The highest BCUT2D eigenvalue weighted by Crippen LogP contribution is 2.34. The zero-order valence-electron chi connectivity index (χ0n) is 20.7. The van der Waals surface area contributed by atoms with E-state index in [9.17, 15) is 13.2 Å². The maximum Gasteiger partial charge on any atom is 0.416 e. The first-order valence-electron chi connectivity index (χ1n) is 12.7. The maximum atomic E-state index is 13.4. The highest BCUT2D eigenvalue weighted by atomic mass is 19.4. The summed E-state index contributed by atoms with van der Waals surface area (Å²) in [6.45, 7) is 10.5. The van der Waals surface area contributed by atoms with E-state index in [1.165, 1.54) is 37.8 Å². The van der Waals surface area contributed by atoms with Crippen LogP contribution in [-0.2, 0) is 12.7 Å². The third-order valence-corrected chi connectivity index (χ3v) is 6.54. The molecule has 0 aliphatic carbocycles. The minimum absolute atomic E-state index is 0.0409. The number of rotatable bonds is 13. The molecule has 1 aromatic heterocycles. The van der Waals surface area contributed by atoms with Gasteiger partial charge in [0.15, 0.2) is 0 Å². The van der Waals surface area contributed by atoms with Crippen molar-refractivity contribution in [2.75, 3.05) is 19.6 Å². The van der Waals surface area contributed by atoms with Crippen molar-refractivity contribution in [3.8, 4) is 0 Å². The molecule has 0 bridgehead atoms. The van der Waals surface area contributed by atoms with E-state index in [1.807, 2.05) is 18.2 Å². The Bertz CT molecular complexity index is 1000. The van der Waals surface area contributed by atoms with E-state index < -0.39 is 11.7 Å². The molecule has 2 aromatic carbocycles. The molecule has 34 heavy (non-hydrogen) atoms. The van der Waals surface area contributed by atoms with Gasteiger partial charge in [-0.25, -0.2) is 4.98 Å². The zero-order valence-corrected chi connectivity index (χ0v) is 20.7. The minimum atomic E-state index is -4.37. The van der Waals surface area contributed by atoms with Gasteiger partial charge in [0, 0.05) is 12.5 Å². The molecule has 3 nitrogen and oxygen atoms in total. The van der Waals surface area contributed by atoms with Crippen molar-refractivity contribution in [1.29, 1.82) is 0 Å². The van der Waals surface area contributed by atoms with Gasteiger partial charge in [0.05, 0.1) is 16.6 Å². The fourth-order valence-electron chi connectivity index (χ4n) is 4.63. The summed E-state index contributed by atoms with van der Waals surface area (Å²) in [5, 5.41) is 0. The number of aromatic nitrogens is 2. The van der Waals surface area contributed by atoms with Crippen LogP contribution in [0.2, 0.25) is 0 Å². The van der Waals surface area contributed by atoms with Gasteiger partial charge in [-0.3, -0.25) is 0 Å². The van der Waals surface area contributed by atoms with Crippen LogP contribution in [0.4, 0.5) is 13.2 Å². The predicted molar refractivity (Wildman–Crippen MR) is 134 cm³/mol. The van der Waals surface area contributed by atoms with E-state index in [0.29, 0.717) is 5.52 Å². The molecule has 0 saturated carbocycles. The Labute approximate surface area is 202 Å². The molecule has 0 amide bonds. The molecule has 3 rings (SSSR count). The third-order valence-electron chi connectivity index (χ3n) is 6.54. The monoisotopic (exact) mass is 473 g/mol.